The van der Waals surface area contributed by atoms with Crippen LogP contribution in [0.4, 0.5) is 14.9 Å². The number of aryl methyl sites for hydroxylation is 2. The summed E-state index contributed by atoms with van der Waals surface area (Å²) in [6.45, 7) is 3.91. The first-order valence-electron chi connectivity index (χ1n) is 6.25. The molecule has 2 aromatic rings. The van der Waals surface area contributed by atoms with Gasteiger partial charge in [0.05, 0.1) is 10.7 Å². The molecule has 0 bridgehead atoms. The van der Waals surface area contributed by atoms with E-state index in [-0.39, 0.29) is 5.02 Å². The normalized spacial score (nSPS) is 10.5. The summed E-state index contributed by atoms with van der Waals surface area (Å²) >= 11 is 7.37. The highest BCUT2D eigenvalue weighted by atomic mass is 35.5. The molecule has 2 rings (SSSR count). The van der Waals surface area contributed by atoms with Crippen molar-refractivity contribution in [3.05, 3.63) is 38.6 Å². The zero-order chi connectivity index (χ0) is 15.4. The largest absolute Gasteiger partial charge is 0.337 e. The zero-order valence-electron chi connectivity index (χ0n) is 11.5. The maximum Gasteiger partial charge on any atom is 0.319 e. The van der Waals surface area contributed by atoms with Crippen molar-refractivity contribution in [1.82, 2.24) is 15.5 Å². The van der Waals surface area contributed by atoms with Gasteiger partial charge in [-0.1, -0.05) is 11.6 Å². The van der Waals surface area contributed by atoms with Crippen LogP contribution in [0.3, 0.4) is 0 Å². The Morgan fingerprint density at radius 1 is 1.38 bits per heavy atom. The van der Waals surface area contributed by atoms with Crippen molar-refractivity contribution in [3.8, 4) is 0 Å². The second-order valence-electron chi connectivity index (χ2n) is 4.43. The molecule has 0 saturated heterocycles. The Labute approximate surface area is 130 Å². The van der Waals surface area contributed by atoms with Crippen molar-refractivity contribution in [2.24, 2.45) is 0 Å². The molecule has 2 amide bonds. The molecule has 1 heterocycles. The maximum atomic E-state index is 13.3. The van der Waals surface area contributed by atoms with E-state index in [2.05, 4.69) is 20.8 Å². The quantitative estimate of drug-likeness (QED) is 0.904. The lowest BCUT2D eigenvalue weighted by Crippen LogP contribution is -2.30. The molecule has 8 heteroatoms. The van der Waals surface area contributed by atoms with Gasteiger partial charge in [-0.05, 0) is 31.5 Å². The minimum atomic E-state index is -0.405. The molecule has 1 aromatic carbocycles. The Bertz CT molecular complexity index is 662. The number of anilines is 1. The molecular formula is C13H14ClFN4OS. The zero-order valence-corrected chi connectivity index (χ0v) is 13.1. The molecule has 0 spiro atoms. The number of benzene rings is 1. The summed E-state index contributed by atoms with van der Waals surface area (Å²) in [6, 6.07) is 2.27. The second-order valence-corrected chi connectivity index (χ2v) is 6.10. The number of amides is 2. The summed E-state index contributed by atoms with van der Waals surface area (Å²) in [6.07, 6.45) is 0.606. The lowest BCUT2D eigenvalue weighted by atomic mass is 10.2. The number of carbonyl (C=O) groups excluding carboxylic acids is 1. The van der Waals surface area contributed by atoms with Gasteiger partial charge < -0.3 is 10.6 Å². The van der Waals surface area contributed by atoms with E-state index in [0.29, 0.717) is 24.2 Å². The average Bonchev–Trinajstić information content (AvgIpc) is 2.82. The molecule has 2 N–H and O–H groups in total. The number of halogens is 2. The van der Waals surface area contributed by atoms with Crippen LogP contribution in [0.2, 0.25) is 5.02 Å². The molecule has 0 saturated carbocycles. The number of nitrogens with zero attached hydrogens (tertiary/aromatic N) is 2. The smallest absolute Gasteiger partial charge is 0.319 e. The molecule has 0 aliphatic carbocycles. The SMILES string of the molecule is Cc1nnc(CCNC(=O)Nc2cc(C)c(F)cc2Cl)s1. The standard InChI is InChI=1S/C13H14ClFN4OS/c1-7-5-11(9(14)6-10(7)15)17-13(20)16-4-3-12-19-18-8(2)21-12/h5-6H,3-4H2,1-2H3,(H2,16,17,20). The van der Waals surface area contributed by atoms with Crippen molar-refractivity contribution in [2.45, 2.75) is 20.3 Å². The molecule has 0 unspecified atom stereocenters. The fourth-order valence-corrected chi connectivity index (χ4v) is 2.55. The first-order valence-corrected chi connectivity index (χ1v) is 7.44. The fraction of sp³-hybridized carbons (Fsp3) is 0.308. The van der Waals surface area contributed by atoms with Gasteiger partial charge in [0.25, 0.3) is 0 Å². The predicted octanol–water partition coefficient (Wildman–Crippen LogP) is 3.31. The van der Waals surface area contributed by atoms with E-state index in [1.807, 2.05) is 6.92 Å². The van der Waals surface area contributed by atoms with Crippen LogP contribution in [0.25, 0.3) is 0 Å². The number of carbonyl (C=O) groups is 1. The first kappa shape index (κ1) is 15.7. The number of rotatable bonds is 4. The van der Waals surface area contributed by atoms with Crippen molar-refractivity contribution in [2.75, 3.05) is 11.9 Å². The monoisotopic (exact) mass is 328 g/mol. The second kappa shape index (κ2) is 6.82. The average molecular weight is 329 g/mol. The molecule has 0 aliphatic heterocycles. The van der Waals surface area contributed by atoms with E-state index in [4.69, 9.17) is 11.6 Å². The highest BCUT2D eigenvalue weighted by Gasteiger charge is 2.09. The third-order valence-corrected chi connectivity index (χ3v) is 3.90. The van der Waals surface area contributed by atoms with Crippen LogP contribution in [-0.2, 0) is 6.42 Å². The lowest BCUT2D eigenvalue weighted by Gasteiger charge is -2.09. The van der Waals surface area contributed by atoms with E-state index >= 15 is 0 Å². The molecule has 0 atom stereocenters. The molecule has 0 aliphatic rings. The van der Waals surface area contributed by atoms with Gasteiger partial charge in [-0.3, -0.25) is 0 Å². The van der Waals surface area contributed by atoms with Gasteiger partial charge >= 0.3 is 6.03 Å². The van der Waals surface area contributed by atoms with Crippen LogP contribution < -0.4 is 10.6 Å². The van der Waals surface area contributed by atoms with Crippen LogP contribution in [0, 0.1) is 19.7 Å². The molecule has 0 radical (unpaired) electrons. The van der Waals surface area contributed by atoms with Crippen LogP contribution in [-0.4, -0.2) is 22.8 Å². The maximum absolute atomic E-state index is 13.3. The number of urea groups is 1. The van der Waals surface area contributed by atoms with Crippen molar-refractivity contribution in [1.29, 1.82) is 0 Å². The summed E-state index contributed by atoms with van der Waals surface area (Å²) in [4.78, 5) is 11.7. The summed E-state index contributed by atoms with van der Waals surface area (Å²) in [5.74, 6) is -0.405. The number of hydrogen-bond donors (Lipinski definition) is 2. The molecule has 0 fully saturated rings. The van der Waals surface area contributed by atoms with Crippen molar-refractivity contribution >= 4 is 34.7 Å². The van der Waals surface area contributed by atoms with E-state index in [1.54, 1.807) is 6.92 Å². The minimum Gasteiger partial charge on any atom is -0.337 e. The van der Waals surface area contributed by atoms with Crippen LogP contribution >= 0.6 is 22.9 Å². The molecule has 112 valence electrons. The van der Waals surface area contributed by atoms with Gasteiger partial charge in [0.2, 0.25) is 0 Å². The third-order valence-electron chi connectivity index (χ3n) is 2.69. The molecule has 5 nitrogen and oxygen atoms in total. The van der Waals surface area contributed by atoms with Gasteiger partial charge in [0.15, 0.2) is 0 Å². The van der Waals surface area contributed by atoms with Gasteiger partial charge in [-0.2, -0.15) is 0 Å². The number of nitrogens with one attached hydrogen (secondary N) is 2. The Kier molecular flexibility index (Phi) is 5.08. The van der Waals surface area contributed by atoms with Crippen LogP contribution in [0.1, 0.15) is 15.6 Å². The van der Waals surface area contributed by atoms with E-state index in [1.165, 1.54) is 23.5 Å². The Morgan fingerprint density at radius 3 is 2.81 bits per heavy atom. The molecule has 21 heavy (non-hydrogen) atoms. The van der Waals surface area contributed by atoms with Gasteiger partial charge in [0, 0.05) is 13.0 Å². The Hall–Kier alpha value is -1.73. The Balaban J connectivity index is 1.86. The Morgan fingerprint density at radius 2 is 2.14 bits per heavy atom. The van der Waals surface area contributed by atoms with Crippen LogP contribution in [0.15, 0.2) is 12.1 Å². The summed E-state index contributed by atoms with van der Waals surface area (Å²) in [5.41, 5.74) is 0.791. The van der Waals surface area contributed by atoms with E-state index in [9.17, 15) is 9.18 Å². The van der Waals surface area contributed by atoms with E-state index < -0.39 is 11.8 Å². The summed E-state index contributed by atoms with van der Waals surface area (Å²) < 4.78 is 13.3. The van der Waals surface area contributed by atoms with E-state index in [0.717, 1.165) is 10.0 Å². The topological polar surface area (TPSA) is 66.9 Å². The molecular weight excluding hydrogens is 315 g/mol. The first-order chi connectivity index (χ1) is 9.95. The third kappa shape index (κ3) is 4.37. The minimum absolute atomic E-state index is 0.160. The number of hydrogen-bond acceptors (Lipinski definition) is 4. The fourth-order valence-electron chi connectivity index (χ4n) is 1.64. The highest BCUT2D eigenvalue weighted by Crippen LogP contribution is 2.24. The van der Waals surface area contributed by atoms with Gasteiger partial charge in [0.1, 0.15) is 15.8 Å². The van der Waals surface area contributed by atoms with Crippen molar-refractivity contribution in [3.63, 3.8) is 0 Å². The van der Waals surface area contributed by atoms with Gasteiger partial charge in [-0.15, -0.1) is 21.5 Å². The number of aromatic nitrogens is 2. The molecule has 1 aromatic heterocycles. The summed E-state index contributed by atoms with van der Waals surface area (Å²) in [5, 5.41) is 15.1. The lowest BCUT2D eigenvalue weighted by molar-refractivity contribution is 0.252. The highest BCUT2D eigenvalue weighted by molar-refractivity contribution is 7.11. The van der Waals surface area contributed by atoms with Crippen molar-refractivity contribution < 1.29 is 9.18 Å². The predicted molar refractivity (Wildman–Crippen MR) is 81.5 cm³/mol. The van der Waals surface area contributed by atoms with Gasteiger partial charge in [-0.25, -0.2) is 9.18 Å². The van der Waals surface area contributed by atoms with Crippen LogP contribution in [0.5, 0.6) is 0 Å². The summed E-state index contributed by atoms with van der Waals surface area (Å²) in [7, 11) is 0.